The zero-order valence-electron chi connectivity index (χ0n) is 13.1. The fourth-order valence-electron chi connectivity index (χ4n) is 1.86. The molecule has 0 spiro atoms. The number of thiazole rings is 1. The van der Waals surface area contributed by atoms with Crippen LogP contribution in [0.3, 0.4) is 0 Å². The van der Waals surface area contributed by atoms with Gasteiger partial charge in [0.05, 0.1) is 0 Å². The first-order chi connectivity index (χ1) is 10.6. The molecule has 0 unspecified atom stereocenters. The summed E-state index contributed by atoms with van der Waals surface area (Å²) in [6.45, 7) is 5.74. The fraction of sp³-hybridized carbons (Fsp3) is 0.500. The number of hydrogen-bond donors (Lipinski definition) is 2. The molecule has 22 heavy (non-hydrogen) atoms. The van der Waals surface area contributed by atoms with Gasteiger partial charge in [-0.1, -0.05) is 6.92 Å². The summed E-state index contributed by atoms with van der Waals surface area (Å²) < 4.78 is 1.64. The summed E-state index contributed by atoms with van der Waals surface area (Å²) in [6.07, 6.45) is 4.58. The molecule has 0 fully saturated rings. The third-order valence-electron chi connectivity index (χ3n) is 3.54. The van der Waals surface area contributed by atoms with Gasteiger partial charge in [0.1, 0.15) is 0 Å². The predicted molar refractivity (Wildman–Crippen MR) is 88.6 cm³/mol. The predicted octanol–water partition coefficient (Wildman–Crippen LogP) is 2.18. The Hall–Kier alpha value is -1.93. The number of aromatic nitrogens is 3. The van der Waals surface area contributed by atoms with Gasteiger partial charge in [0, 0.05) is 43.0 Å². The lowest BCUT2D eigenvalue weighted by Gasteiger charge is -2.23. The highest BCUT2D eigenvalue weighted by molar-refractivity contribution is 7.12. The average molecular weight is 322 g/mol. The fourth-order valence-corrected chi connectivity index (χ4v) is 2.44. The molecule has 2 aromatic rings. The van der Waals surface area contributed by atoms with Crippen molar-refractivity contribution in [2.24, 2.45) is 0 Å². The molecule has 120 valence electrons. The van der Waals surface area contributed by atoms with Gasteiger partial charge < -0.3 is 10.2 Å². The van der Waals surface area contributed by atoms with Crippen molar-refractivity contribution in [3.05, 3.63) is 23.8 Å². The number of rotatable bonds is 7. The van der Waals surface area contributed by atoms with Crippen molar-refractivity contribution in [1.82, 2.24) is 25.0 Å². The summed E-state index contributed by atoms with van der Waals surface area (Å²) in [5.41, 5.74) is 0. The molecule has 8 heteroatoms. The summed E-state index contributed by atoms with van der Waals surface area (Å²) in [4.78, 5) is 18.2. The van der Waals surface area contributed by atoms with Gasteiger partial charge >= 0.3 is 6.03 Å². The SMILES string of the molecule is CC[C@@H](C)N(C)CCNC(=O)Nc1ccn(-c2nccs2)n1. The Kier molecular flexibility index (Phi) is 5.91. The minimum atomic E-state index is -0.248. The second-order valence-corrected chi connectivity index (χ2v) is 5.95. The lowest BCUT2D eigenvalue weighted by atomic mass is 10.2. The molecule has 7 nitrogen and oxygen atoms in total. The van der Waals surface area contributed by atoms with Crippen LogP contribution < -0.4 is 10.6 Å². The molecule has 2 N–H and O–H groups in total. The van der Waals surface area contributed by atoms with Gasteiger partial charge in [0.2, 0.25) is 5.13 Å². The second kappa shape index (κ2) is 7.90. The molecule has 2 amide bonds. The average Bonchev–Trinajstić information content (AvgIpc) is 3.16. The zero-order valence-corrected chi connectivity index (χ0v) is 13.9. The summed E-state index contributed by atoms with van der Waals surface area (Å²) in [6, 6.07) is 2.01. The van der Waals surface area contributed by atoms with Crippen molar-refractivity contribution in [1.29, 1.82) is 0 Å². The number of anilines is 1. The van der Waals surface area contributed by atoms with Crippen LogP contribution in [0.1, 0.15) is 20.3 Å². The number of carbonyl (C=O) groups excluding carboxylic acids is 1. The molecule has 0 saturated carbocycles. The van der Waals surface area contributed by atoms with Crippen LogP contribution in [0.4, 0.5) is 10.6 Å². The largest absolute Gasteiger partial charge is 0.337 e. The van der Waals surface area contributed by atoms with Crippen molar-refractivity contribution in [2.75, 3.05) is 25.5 Å². The molecule has 2 aromatic heterocycles. The topological polar surface area (TPSA) is 75.1 Å². The van der Waals surface area contributed by atoms with Crippen LogP contribution in [-0.4, -0.2) is 51.9 Å². The first-order valence-corrected chi connectivity index (χ1v) is 8.18. The van der Waals surface area contributed by atoms with E-state index >= 15 is 0 Å². The van der Waals surface area contributed by atoms with Gasteiger partial charge in [-0.2, -0.15) is 0 Å². The molecule has 2 heterocycles. The van der Waals surface area contributed by atoms with Crippen LogP contribution in [-0.2, 0) is 0 Å². The number of amides is 2. The van der Waals surface area contributed by atoms with E-state index in [1.807, 2.05) is 5.38 Å². The van der Waals surface area contributed by atoms with Gasteiger partial charge in [-0.05, 0) is 20.4 Å². The third-order valence-corrected chi connectivity index (χ3v) is 4.30. The number of carbonyl (C=O) groups is 1. The van der Waals surface area contributed by atoms with E-state index in [0.717, 1.165) is 18.1 Å². The van der Waals surface area contributed by atoms with Gasteiger partial charge in [-0.3, -0.25) is 5.32 Å². The highest BCUT2D eigenvalue weighted by atomic mass is 32.1. The minimum absolute atomic E-state index is 0.248. The molecule has 0 radical (unpaired) electrons. The molecule has 1 atom stereocenters. The Morgan fingerprint density at radius 1 is 1.55 bits per heavy atom. The number of urea groups is 1. The van der Waals surface area contributed by atoms with E-state index in [4.69, 9.17) is 0 Å². The first-order valence-electron chi connectivity index (χ1n) is 7.30. The third kappa shape index (κ3) is 4.54. The standard InChI is InChI=1S/C14H22N6OS/c1-4-11(2)19(3)9-6-15-13(21)17-12-5-8-20(18-12)14-16-7-10-22-14/h5,7-8,10-11H,4,6,9H2,1-3H3,(H2,15,17,18,21)/t11-/m1/s1. The quantitative estimate of drug-likeness (QED) is 0.819. The van der Waals surface area contributed by atoms with Crippen molar-refractivity contribution >= 4 is 23.2 Å². The van der Waals surface area contributed by atoms with Crippen LogP contribution in [0, 0.1) is 0 Å². The second-order valence-electron chi connectivity index (χ2n) is 5.08. The molecule has 0 bridgehead atoms. The van der Waals surface area contributed by atoms with Gasteiger partial charge in [-0.25, -0.2) is 14.5 Å². The lowest BCUT2D eigenvalue weighted by molar-refractivity contribution is 0.238. The number of likely N-dealkylation sites (N-methyl/N-ethyl adjacent to an activating group) is 1. The van der Waals surface area contributed by atoms with Crippen LogP contribution in [0.2, 0.25) is 0 Å². The van der Waals surface area contributed by atoms with E-state index in [2.05, 4.69) is 46.5 Å². The Morgan fingerprint density at radius 2 is 2.36 bits per heavy atom. The van der Waals surface area contributed by atoms with Crippen LogP contribution in [0.25, 0.3) is 5.13 Å². The van der Waals surface area contributed by atoms with E-state index in [0.29, 0.717) is 18.4 Å². The Bertz CT molecular complexity index is 582. The van der Waals surface area contributed by atoms with E-state index in [1.54, 1.807) is 23.1 Å². The Labute approximate surface area is 134 Å². The van der Waals surface area contributed by atoms with Crippen molar-refractivity contribution in [3.63, 3.8) is 0 Å². The summed E-state index contributed by atoms with van der Waals surface area (Å²) in [7, 11) is 2.06. The van der Waals surface area contributed by atoms with Crippen LogP contribution in [0.5, 0.6) is 0 Å². The smallest absolute Gasteiger partial charge is 0.320 e. The Morgan fingerprint density at radius 3 is 3.05 bits per heavy atom. The molecule has 0 aliphatic heterocycles. The normalized spacial score (nSPS) is 12.4. The molecule has 0 saturated heterocycles. The summed E-state index contributed by atoms with van der Waals surface area (Å²) in [5, 5.41) is 12.5. The van der Waals surface area contributed by atoms with Crippen LogP contribution in [0.15, 0.2) is 23.8 Å². The molecular formula is C14H22N6OS. The van der Waals surface area contributed by atoms with Gasteiger partial charge in [0.15, 0.2) is 5.82 Å². The molecule has 2 rings (SSSR count). The highest BCUT2D eigenvalue weighted by Gasteiger charge is 2.08. The number of nitrogens with zero attached hydrogens (tertiary/aromatic N) is 4. The van der Waals surface area contributed by atoms with E-state index in [1.165, 1.54) is 11.3 Å². The van der Waals surface area contributed by atoms with Gasteiger partial charge in [0.25, 0.3) is 0 Å². The minimum Gasteiger partial charge on any atom is -0.337 e. The summed E-state index contributed by atoms with van der Waals surface area (Å²) >= 11 is 1.49. The Balaban J connectivity index is 1.76. The molecule has 0 aromatic carbocycles. The number of hydrogen-bond acceptors (Lipinski definition) is 5. The van der Waals surface area contributed by atoms with E-state index in [-0.39, 0.29) is 6.03 Å². The lowest BCUT2D eigenvalue weighted by Crippen LogP contribution is -2.38. The van der Waals surface area contributed by atoms with E-state index < -0.39 is 0 Å². The van der Waals surface area contributed by atoms with E-state index in [9.17, 15) is 4.79 Å². The number of nitrogens with one attached hydrogen (secondary N) is 2. The maximum Gasteiger partial charge on any atom is 0.320 e. The summed E-state index contributed by atoms with van der Waals surface area (Å²) in [5.74, 6) is 0.503. The maximum atomic E-state index is 11.8. The van der Waals surface area contributed by atoms with Crippen molar-refractivity contribution in [3.8, 4) is 5.13 Å². The molecule has 0 aliphatic carbocycles. The highest BCUT2D eigenvalue weighted by Crippen LogP contribution is 2.12. The van der Waals surface area contributed by atoms with Crippen LogP contribution >= 0.6 is 11.3 Å². The molecular weight excluding hydrogens is 300 g/mol. The van der Waals surface area contributed by atoms with Crippen molar-refractivity contribution in [2.45, 2.75) is 26.3 Å². The molecule has 0 aliphatic rings. The zero-order chi connectivity index (χ0) is 15.9. The van der Waals surface area contributed by atoms with Crippen molar-refractivity contribution < 1.29 is 4.79 Å². The van der Waals surface area contributed by atoms with Gasteiger partial charge in [-0.15, -0.1) is 16.4 Å². The monoisotopic (exact) mass is 322 g/mol. The first kappa shape index (κ1) is 16.4. The maximum absolute atomic E-state index is 11.8.